The average Bonchev–Trinajstić information content (AvgIpc) is 2.88. The fraction of sp³-hybridized carbons (Fsp3) is 0.357. The molecule has 0 aliphatic heterocycles. The van der Waals surface area contributed by atoms with E-state index in [4.69, 9.17) is 14.8 Å². The molecule has 1 aromatic carbocycles. The van der Waals surface area contributed by atoms with Gasteiger partial charge in [-0.2, -0.15) is 5.10 Å². The number of benzene rings is 1. The first-order valence-electron chi connectivity index (χ1n) is 6.89. The zero-order valence-electron chi connectivity index (χ0n) is 12.1. The largest absolute Gasteiger partial charge is 0.488 e. The second-order valence-corrected chi connectivity index (χ2v) is 4.65. The van der Waals surface area contributed by atoms with Crippen molar-refractivity contribution < 1.29 is 19.2 Å². The Hall–Kier alpha value is -1.86. The molecule has 1 heterocycles. The van der Waals surface area contributed by atoms with Crippen molar-refractivity contribution in [2.45, 2.75) is 33.4 Å². The molecule has 112 valence electrons. The number of ether oxygens (including phenoxy) is 1. The molecule has 7 heteroatoms. The van der Waals surface area contributed by atoms with Crippen molar-refractivity contribution in [3.63, 3.8) is 0 Å². The molecule has 0 saturated carbocycles. The van der Waals surface area contributed by atoms with Crippen LogP contribution in [0.15, 0.2) is 24.3 Å². The zero-order chi connectivity index (χ0) is 15.4. The van der Waals surface area contributed by atoms with Gasteiger partial charge in [0.1, 0.15) is 6.61 Å². The monoisotopic (exact) mass is 292 g/mol. The van der Waals surface area contributed by atoms with E-state index in [0.717, 1.165) is 23.9 Å². The molecule has 2 rings (SSSR count). The highest BCUT2D eigenvalue weighted by atomic mass is 19.1. The number of hydrogen-bond acceptors (Lipinski definition) is 4. The normalized spacial score (nSPS) is 10.7. The van der Waals surface area contributed by atoms with Gasteiger partial charge in [0.2, 0.25) is 0 Å². The second kappa shape index (κ2) is 6.73. The summed E-state index contributed by atoms with van der Waals surface area (Å²) >= 11 is 0. The summed E-state index contributed by atoms with van der Waals surface area (Å²) in [6.07, 6.45) is 0.820. The average molecular weight is 292 g/mol. The molecule has 0 radical (unpaired) electrons. The molecule has 0 unspecified atom stereocenters. The number of hydrogen-bond donors (Lipinski definition) is 2. The highest BCUT2D eigenvalue weighted by Gasteiger charge is 2.15. The van der Waals surface area contributed by atoms with Gasteiger partial charge in [0.05, 0.1) is 11.4 Å². The fourth-order valence-corrected chi connectivity index (χ4v) is 2.02. The van der Waals surface area contributed by atoms with Crippen LogP contribution in [0.2, 0.25) is 0 Å². The van der Waals surface area contributed by atoms with Gasteiger partial charge in [-0.15, -0.1) is 0 Å². The summed E-state index contributed by atoms with van der Waals surface area (Å²) in [4.78, 5) is 0. The highest BCUT2D eigenvalue weighted by molar-refractivity contribution is 6.58. The van der Waals surface area contributed by atoms with E-state index in [1.807, 2.05) is 24.6 Å². The Morgan fingerprint density at radius 1 is 1.29 bits per heavy atom. The van der Waals surface area contributed by atoms with Crippen molar-refractivity contribution >= 4 is 12.6 Å². The quantitative estimate of drug-likeness (QED) is 0.775. The van der Waals surface area contributed by atoms with Crippen molar-refractivity contribution in [3.05, 3.63) is 41.5 Å². The smallest absolute Gasteiger partial charge is 0.484 e. The van der Waals surface area contributed by atoms with Gasteiger partial charge in [-0.05, 0) is 37.0 Å². The predicted octanol–water partition coefficient (Wildman–Crippen LogP) is 0.863. The molecule has 1 aromatic heterocycles. The SMILES string of the molecule is CCc1cc(COc2cc(B(O)O)ccc2F)n(CC)n1. The summed E-state index contributed by atoms with van der Waals surface area (Å²) < 4.78 is 20.9. The Balaban J connectivity index is 2.16. The van der Waals surface area contributed by atoms with Crippen molar-refractivity contribution in [1.29, 1.82) is 0 Å². The van der Waals surface area contributed by atoms with Gasteiger partial charge < -0.3 is 14.8 Å². The minimum Gasteiger partial charge on any atom is -0.484 e. The van der Waals surface area contributed by atoms with Gasteiger partial charge in [-0.3, -0.25) is 4.68 Å². The Morgan fingerprint density at radius 2 is 2.05 bits per heavy atom. The van der Waals surface area contributed by atoms with Gasteiger partial charge in [0, 0.05) is 6.54 Å². The molecule has 2 aromatic rings. The molecule has 0 aliphatic carbocycles. The minimum atomic E-state index is -1.65. The van der Waals surface area contributed by atoms with Gasteiger partial charge in [-0.1, -0.05) is 13.0 Å². The maximum absolute atomic E-state index is 13.7. The van der Waals surface area contributed by atoms with E-state index >= 15 is 0 Å². The van der Waals surface area contributed by atoms with E-state index in [0.29, 0.717) is 6.54 Å². The lowest BCUT2D eigenvalue weighted by Crippen LogP contribution is -2.29. The summed E-state index contributed by atoms with van der Waals surface area (Å²) in [7, 11) is -1.65. The summed E-state index contributed by atoms with van der Waals surface area (Å²) in [6, 6.07) is 5.66. The van der Waals surface area contributed by atoms with Crippen LogP contribution in [0.3, 0.4) is 0 Å². The van der Waals surface area contributed by atoms with Crippen LogP contribution in [0.25, 0.3) is 0 Å². The van der Waals surface area contributed by atoms with Crippen molar-refractivity contribution in [1.82, 2.24) is 9.78 Å². The fourth-order valence-electron chi connectivity index (χ4n) is 2.02. The summed E-state index contributed by atoms with van der Waals surface area (Å²) in [5, 5.41) is 22.6. The van der Waals surface area contributed by atoms with Crippen LogP contribution < -0.4 is 10.2 Å². The molecule has 0 fully saturated rings. The molecule has 0 atom stereocenters. The summed E-state index contributed by atoms with van der Waals surface area (Å²) in [6.45, 7) is 4.86. The van der Waals surface area contributed by atoms with Gasteiger partial charge in [-0.25, -0.2) is 4.39 Å². The predicted molar refractivity (Wildman–Crippen MR) is 77.8 cm³/mol. The summed E-state index contributed by atoms with van der Waals surface area (Å²) in [5.74, 6) is -0.555. The van der Waals surface area contributed by atoms with Gasteiger partial charge in [0.15, 0.2) is 11.6 Å². The molecule has 0 spiro atoms. The van der Waals surface area contributed by atoms with Gasteiger partial charge in [0.25, 0.3) is 0 Å². The minimum absolute atomic E-state index is 0.0116. The number of nitrogens with zero attached hydrogens (tertiary/aromatic N) is 2. The van der Waals surface area contributed by atoms with Gasteiger partial charge >= 0.3 is 7.12 Å². The number of aryl methyl sites for hydroxylation is 2. The van der Waals surface area contributed by atoms with E-state index in [1.54, 1.807) is 0 Å². The van der Waals surface area contributed by atoms with Crippen LogP contribution in [-0.4, -0.2) is 26.9 Å². The van der Waals surface area contributed by atoms with Crippen LogP contribution in [0.4, 0.5) is 4.39 Å². The second-order valence-electron chi connectivity index (χ2n) is 4.65. The first-order chi connectivity index (χ1) is 10.0. The first kappa shape index (κ1) is 15.5. The van der Waals surface area contributed by atoms with Crippen molar-refractivity contribution in [3.8, 4) is 5.75 Å². The molecular formula is C14H18BFN2O3. The number of aromatic nitrogens is 2. The lowest BCUT2D eigenvalue weighted by molar-refractivity contribution is 0.278. The molecule has 0 bridgehead atoms. The molecule has 0 amide bonds. The van der Waals surface area contributed by atoms with Crippen LogP contribution >= 0.6 is 0 Å². The summed E-state index contributed by atoms with van der Waals surface area (Å²) in [5.41, 5.74) is 1.99. The standard InChI is InChI=1S/C14H18BFN2O3/c1-3-11-8-12(18(4-2)17-11)9-21-14-7-10(15(19)20)5-6-13(14)16/h5-8,19-20H,3-4,9H2,1-2H3. The van der Waals surface area contributed by atoms with Crippen LogP contribution in [-0.2, 0) is 19.6 Å². The van der Waals surface area contributed by atoms with Crippen LogP contribution in [0, 0.1) is 5.82 Å². The Kier molecular flexibility index (Phi) is 4.98. The highest BCUT2D eigenvalue weighted by Crippen LogP contribution is 2.17. The lowest BCUT2D eigenvalue weighted by atomic mass is 9.80. The maximum atomic E-state index is 13.7. The third-order valence-electron chi connectivity index (χ3n) is 3.20. The topological polar surface area (TPSA) is 67.5 Å². The van der Waals surface area contributed by atoms with Crippen LogP contribution in [0.1, 0.15) is 25.2 Å². The Labute approximate surface area is 123 Å². The number of rotatable bonds is 6. The number of halogens is 1. The lowest BCUT2D eigenvalue weighted by Gasteiger charge is -2.10. The zero-order valence-corrected chi connectivity index (χ0v) is 12.1. The van der Waals surface area contributed by atoms with E-state index < -0.39 is 12.9 Å². The molecular weight excluding hydrogens is 274 g/mol. The Bertz CT molecular complexity index is 616. The maximum Gasteiger partial charge on any atom is 0.488 e. The molecule has 5 nitrogen and oxygen atoms in total. The van der Waals surface area contributed by atoms with Crippen molar-refractivity contribution in [2.75, 3.05) is 0 Å². The Morgan fingerprint density at radius 3 is 2.67 bits per heavy atom. The third-order valence-corrected chi connectivity index (χ3v) is 3.20. The van der Waals surface area contributed by atoms with Crippen molar-refractivity contribution in [2.24, 2.45) is 0 Å². The first-order valence-corrected chi connectivity index (χ1v) is 6.89. The molecule has 2 N–H and O–H groups in total. The van der Waals surface area contributed by atoms with Crippen LogP contribution in [0.5, 0.6) is 5.75 Å². The van der Waals surface area contributed by atoms with E-state index in [2.05, 4.69) is 5.10 Å². The molecule has 0 saturated heterocycles. The van der Waals surface area contributed by atoms with E-state index in [-0.39, 0.29) is 17.8 Å². The molecule has 21 heavy (non-hydrogen) atoms. The van der Waals surface area contributed by atoms with E-state index in [9.17, 15) is 4.39 Å². The van der Waals surface area contributed by atoms with E-state index in [1.165, 1.54) is 12.1 Å². The molecule has 0 aliphatic rings. The third kappa shape index (κ3) is 3.62.